The molecular formula is C15H22N6O3. The van der Waals surface area contributed by atoms with Crippen LogP contribution in [-0.4, -0.2) is 58.5 Å². The zero-order valence-corrected chi connectivity index (χ0v) is 14.2. The fourth-order valence-corrected chi connectivity index (χ4v) is 2.96. The molecule has 0 aromatic carbocycles. The summed E-state index contributed by atoms with van der Waals surface area (Å²) in [6, 6.07) is -0.103. The van der Waals surface area contributed by atoms with Crippen molar-refractivity contribution in [3.63, 3.8) is 0 Å². The molecule has 2 aromatic rings. The van der Waals surface area contributed by atoms with Crippen molar-refractivity contribution in [1.29, 1.82) is 0 Å². The highest BCUT2D eigenvalue weighted by Crippen LogP contribution is 2.39. The highest BCUT2D eigenvalue weighted by Gasteiger charge is 2.37. The van der Waals surface area contributed by atoms with Crippen molar-refractivity contribution in [2.24, 2.45) is 0 Å². The van der Waals surface area contributed by atoms with Crippen LogP contribution in [-0.2, 0) is 11.3 Å². The van der Waals surface area contributed by atoms with E-state index in [2.05, 4.69) is 25.2 Å². The lowest BCUT2D eigenvalue weighted by atomic mass is 10.1. The molecule has 9 nitrogen and oxygen atoms in total. The third-order valence-corrected chi connectivity index (χ3v) is 4.45. The summed E-state index contributed by atoms with van der Waals surface area (Å²) in [4.78, 5) is 13.0. The SMILES string of the molecule is C[C@H]1OCCN(Cc2nc(N(C)C)no2)[C@@H]1c1nc(C2CC2)no1. The van der Waals surface area contributed by atoms with Crippen LogP contribution in [0.1, 0.15) is 49.3 Å². The van der Waals surface area contributed by atoms with Gasteiger partial charge in [-0.1, -0.05) is 5.16 Å². The zero-order chi connectivity index (χ0) is 16.7. The quantitative estimate of drug-likeness (QED) is 0.803. The summed E-state index contributed by atoms with van der Waals surface area (Å²) in [7, 11) is 3.76. The van der Waals surface area contributed by atoms with Crippen LogP contribution in [0.4, 0.5) is 5.95 Å². The van der Waals surface area contributed by atoms with Gasteiger partial charge in [0, 0.05) is 26.6 Å². The molecule has 0 unspecified atom stereocenters. The molecule has 1 saturated heterocycles. The van der Waals surface area contributed by atoms with Crippen LogP contribution in [0.3, 0.4) is 0 Å². The number of ether oxygens (including phenoxy) is 1. The van der Waals surface area contributed by atoms with Crippen LogP contribution >= 0.6 is 0 Å². The minimum absolute atomic E-state index is 0.0394. The first-order valence-electron chi connectivity index (χ1n) is 8.31. The van der Waals surface area contributed by atoms with Gasteiger partial charge in [-0.15, -0.1) is 0 Å². The maximum Gasteiger partial charge on any atom is 0.265 e. The number of nitrogens with zero attached hydrogens (tertiary/aromatic N) is 6. The molecule has 4 rings (SSSR count). The van der Waals surface area contributed by atoms with E-state index in [1.54, 1.807) is 0 Å². The molecule has 2 fully saturated rings. The van der Waals surface area contributed by atoms with Gasteiger partial charge < -0.3 is 18.7 Å². The average molecular weight is 334 g/mol. The number of aromatic nitrogens is 4. The molecular weight excluding hydrogens is 312 g/mol. The molecule has 1 aliphatic carbocycles. The number of rotatable bonds is 5. The van der Waals surface area contributed by atoms with Gasteiger partial charge in [0.15, 0.2) is 5.82 Å². The zero-order valence-electron chi connectivity index (χ0n) is 14.2. The van der Waals surface area contributed by atoms with Gasteiger partial charge >= 0.3 is 0 Å². The first kappa shape index (κ1) is 15.5. The number of anilines is 1. The maximum atomic E-state index is 5.80. The van der Waals surface area contributed by atoms with E-state index in [0.29, 0.717) is 36.8 Å². The summed E-state index contributed by atoms with van der Waals surface area (Å²) in [5, 5.41) is 8.09. The molecule has 2 atom stereocenters. The van der Waals surface area contributed by atoms with Gasteiger partial charge in [0.25, 0.3) is 5.95 Å². The lowest BCUT2D eigenvalue weighted by Crippen LogP contribution is -2.43. The van der Waals surface area contributed by atoms with Gasteiger partial charge in [-0.2, -0.15) is 9.97 Å². The molecule has 3 heterocycles. The molecule has 0 bridgehead atoms. The predicted octanol–water partition coefficient (Wildman–Crippen LogP) is 1.36. The molecule has 0 N–H and O–H groups in total. The number of morpholine rings is 1. The molecule has 2 aliphatic rings. The molecule has 0 amide bonds. The van der Waals surface area contributed by atoms with E-state index in [-0.39, 0.29) is 12.1 Å². The van der Waals surface area contributed by atoms with Gasteiger partial charge in [0.2, 0.25) is 11.8 Å². The Balaban J connectivity index is 1.54. The second-order valence-corrected chi connectivity index (χ2v) is 6.64. The third-order valence-electron chi connectivity index (χ3n) is 4.45. The Labute approximate surface area is 139 Å². The summed E-state index contributed by atoms with van der Waals surface area (Å²) in [6.07, 6.45) is 2.26. The van der Waals surface area contributed by atoms with Crippen molar-refractivity contribution in [1.82, 2.24) is 25.2 Å². The van der Waals surface area contributed by atoms with Crippen LogP contribution in [0.2, 0.25) is 0 Å². The minimum atomic E-state index is -0.103. The predicted molar refractivity (Wildman–Crippen MR) is 83.5 cm³/mol. The molecule has 0 spiro atoms. The molecule has 1 aliphatic heterocycles. The Morgan fingerprint density at radius 2 is 2.00 bits per heavy atom. The van der Waals surface area contributed by atoms with Crippen molar-refractivity contribution >= 4 is 5.95 Å². The second kappa shape index (κ2) is 6.14. The maximum absolute atomic E-state index is 5.80. The summed E-state index contributed by atoms with van der Waals surface area (Å²) in [6.45, 7) is 3.95. The molecule has 0 radical (unpaired) electrons. The summed E-state index contributed by atoms with van der Waals surface area (Å²) < 4.78 is 16.7. The van der Waals surface area contributed by atoms with Crippen LogP contribution in [0.15, 0.2) is 9.05 Å². The highest BCUT2D eigenvalue weighted by atomic mass is 16.5. The van der Waals surface area contributed by atoms with Crippen LogP contribution in [0.5, 0.6) is 0 Å². The van der Waals surface area contributed by atoms with Gasteiger partial charge in [-0.25, -0.2) is 0 Å². The second-order valence-electron chi connectivity index (χ2n) is 6.64. The van der Waals surface area contributed by atoms with Crippen LogP contribution < -0.4 is 4.90 Å². The fraction of sp³-hybridized carbons (Fsp3) is 0.733. The van der Waals surface area contributed by atoms with Gasteiger partial charge in [-0.3, -0.25) is 4.90 Å². The first-order chi connectivity index (χ1) is 11.6. The highest BCUT2D eigenvalue weighted by molar-refractivity contribution is 5.23. The smallest absolute Gasteiger partial charge is 0.265 e. The van der Waals surface area contributed by atoms with E-state index >= 15 is 0 Å². The molecule has 24 heavy (non-hydrogen) atoms. The van der Waals surface area contributed by atoms with Crippen molar-refractivity contribution in [2.75, 3.05) is 32.1 Å². The summed E-state index contributed by atoms with van der Waals surface area (Å²) in [5.41, 5.74) is 0. The van der Waals surface area contributed by atoms with E-state index < -0.39 is 0 Å². The Morgan fingerprint density at radius 3 is 2.71 bits per heavy atom. The van der Waals surface area contributed by atoms with Crippen LogP contribution in [0, 0.1) is 0 Å². The average Bonchev–Trinajstić information content (AvgIpc) is 3.09. The monoisotopic (exact) mass is 334 g/mol. The van der Waals surface area contributed by atoms with E-state index in [4.69, 9.17) is 13.8 Å². The largest absolute Gasteiger partial charge is 0.375 e. The van der Waals surface area contributed by atoms with E-state index in [0.717, 1.165) is 25.2 Å². The molecule has 2 aromatic heterocycles. The van der Waals surface area contributed by atoms with Crippen molar-refractivity contribution in [3.05, 3.63) is 17.6 Å². The Hall–Kier alpha value is -2.00. The standard InChI is InChI=1S/C15H22N6O3/c1-9-12(14-17-13(18-24-14)10-4-5-10)21(6-7-22-9)8-11-16-15(19-23-11)20(2)3/h9-10,12H,4-8H2,1-3H3/t9-,12+/m1/s1. The first-order valence-corrected chi connectivity index (χ1v) is 8.31. The molecule has 1 saturated carbocycles. The Morgan fingerprint density at radius 1 is 1.17 bits per heavy atom. The van der Waals surface area contributed by atoms with Gasteiger partial charge in [-0.05, 0) is 24.9 Å². The van der Waals surface area contributed by atoms with E-state index in [9.17, 15) is 0 Å². The van der Waals surface area contributed by atoms with Gasteiger partial charge in [0.05, 0.1) is 19.3 Å². The lowest BCUT2D eigenvalue weighted by molar-refractivity contribution is -0.0789. The van der Waals surface area contributed by atoms with Crippen molar-refractivity contribution in [3.8, 4) is 0 Å². The number of hydrogen-bond donors (Lipinski definition) is 0. The topological polar surface area (TPSA) is 93.6 Å². The Bertz CT molecular complexity index is 695. The summed E-state index contributed by atoms with van der Waals surface area (Å²) >= 11 is 0. The minimum Gasteiger partial charge on any atom is -0.375 e. The van der Waals surface area contributed by atoms with Crippen molar-refractivity contribution in [2.45, 2.75) is 44.4 Å². The molecule has 130 valence electrons. The van der Waals surface area contributed by atoms with Crippen molar-refractivity contribution < 1.29 is 13.8 Å². The van der Waals surface area contributed by atoms with E-state index in [1.165, 1.54) is 0 Å². The Kier molecular flexibility index (Phi) is 3.97. The fourth-order valence-electron chi connectivity index (χ4n) is 2.96. The number of hydrogen-bond acceptors (Lipinski definition) is 9. The normalized spacial score (nSPS) is 25.1. The van der Waals surface area contributed by atoms with Gasteiger partial charge in [0.1, 0.15) is 6.04 Å². The molecule has 9 heteroatoms. The summed E-state index contributed by atoms with van der Waals surface area (Å²) in [5.74, 6) is 3.03. The lowest BCUT2D eigenvalue weighted by Gasteiger charge is -2.36. The third kappa shape index (κ3) is 3.01. The van der Waals surface area contributed by atoms with E-state index in [1.807, 2.05) is 25.9 Å². The van der Waals surface area contributed by atoms with Crippen LogP contribution in [0.25, 0.3) is 0 Å².